The largest absolute Gasteiger partial charge is 0.385 e. The SMILES string of the molecule is O=C(CCN1CCC(O)(c2cccc(C(O)c3ccccc3)c2)CC1)c1ccccc1. The molecule has 2 N–H and O–H groups in total. The Balaban J connectivity index is 1.37. The van der Waals surface area contributed by atoms with Crippen LogP contribution in [-0.4, -0.2) is 40.5 Å². The van der Waals surface area contributed by atoms with Gasteiger partial charge in [-0.2, -0.15) is 0 Å². The summed E-state index contributed by atoms with van der Waals surface area (Å²) in [7, 11) is 0. The number of rotatable bonds is 7. The second-order valence-corrected chi connectivity index (χ2v) is 8.35. The molecular formula is C27H29NO3. The molecule has 1 heterocycles. The highest BCUT2D eigenvalue weighted by Crippen LogP contribution is 2.34. The molecule has 1 aliphatic heterocycles. The van der Waals surface area contributed by atoms with Crippen molar-refractivity contribution in [3.8, 4) is 0 Å². The molecule has 0 aromatic heterocycles. The van der Waals surface area contributed by atoms with Crippen molar-refractivity contribution in [1.82, 2.24) is 4.90 Å². The summed E-state index contributed by atoms with van der Waals surface area (Å²) in [5, 5.41) is 22.1. The molecule has 1 aliphatic rings. The minimum atomic E-state index is -0.910. The van der Waals surface area contributed by atoms with Crippen LogP contribution in [0, 0.1) is 0 Å². The summed E-state index contributed by atoms with van der Waals surface area (Å²) in [5.41, 5.74) is 2.31. The maximum absolute atomic E-state index is 12.4. The van der Waals surface area contributed by atoms with Gasteiger partial charge < -0.3 is 15.1 Å². The van der Waals surface area contributed by atoms with Crippen LogP contribution < -0.4 is 0 Å². The molecule has 0 aliphatic carbocycles. The van der Waals surface area contributed by atoms with Gasteiger partial charge in [0.05, 0.1) is 5.60 Å². The summed E-state index contributed by atoms with van der Waals surface area (Å²) in [5.74, 6) is 0.157. The lowest BCUT2D eigenvalue weighted by atomic mass is 9.83. The van der Waals surface area contributed by atoms with E-state index in [1.54, 1.807) is 0 Å². The minimum absolute atomic E-state index is 0.157. The molecule has 1 fully saturated rings. The molecule has 31 heavy (non-hydrogen) atoms. The van der Waals surface area contributed by atoms with Gasteiger partial charge in [0.1, 0.15) is 6.10 Å². The summed E-state index contributed by atoms with van der Waals surface area (Å²) < 4.78 is 0. The average Bonchev–Trinajstić information content (AvgIpc) is 2.84. The van der Waals surface area contributed by atoms with Gasteiger partial charge in [-0.15, -0.1) is 0 Å². The molecule has 1 saturated heterocycles. The van der Waals surface area contributed by atoms with Gasteiger partial charge >= 0.3 is 0 Å². The van der Waals surface area contributed by atoms with Gasteiger partial charge in [-0.05, 0) is 35.6 Å². The fourth-order valence-corrected chi connectivity index (χ4v) is 4.29. The molecular weight excluding hydrogens is 386 g/mol. The smallest absolute Gasteiger partial charge is 0.164 e. The Labute approximate surface area is 183 Å². The molecule has 160 valence electrons. The normalized spacial score (nSPS) is 17.2. The summed E-state index contributed by atoms with van der Waals surface area (Å²) in [6.45, 7) is 2.19. The van der Waals surface area contributed by atoms with E-state index >= 15 is 0 Å². The lowest BCUT2D eigenvalue weighted by Crippen LogP contribution is -2.43. The highest BCUT2D eigenvalue weighted by atomic mass is 16.3. The number of likely N-dealkylation sites (tertiary alicyclic amines) is 1. The Kier molecular flexibility index (Phi) is 6.62. The van der Waals surface area contributed by atoms with E-state index in [9.17, 15) is 15.0 Å². The van der Waals surface area contributed by atoms with Crippen molar-refractivity contribution >= 4 is 5.78 Å². The Morgan fingerprint density at radius 3 is 2.16 bits per heavy atom. The summed E-state index contributed by atoms with van der Waals surface area (Å²) in [6, 6.07) is 26.6. The van der Waals surface area contributed by atoms with E-state index in [4.69, 9.17) is 0 Å². The van der Waals surface area contributed by atoms with Crippen molar-refractivity contribution in [1.29, 1.82) is 0 Å². The zero-order valence-electron chi connectivity index (χ0n) is 17.7. The van der Waals surface area contributed by atoms with Crippen LogP contribution in [-0.2, 0) is 5.60 Å². The van der Waals surface area contributed by atoms with Gasteiger partial charge in [0, 0.05) is 31.6 Å². The first-order chi connectivity index (χ1) is 15.0. The minimum Gasteiger partial charge on any atom is -0.385 e. The number of piperidine rings is 1. The molecule has 4 rings (SSSR count). The fraction of sp³-hybridized carbons (Fsp3) is 0.296. The number of hydrogen-bond acceptors (Lipinski definition) is 4. The Morgan fingerprint density at radius 2 is 1.48 bits per heavy atom. The van der Waals surface area contributed by atoms with E-state index in [1.165, 1.54) is 0 Å². The van der Waals surface area contributed by atoms with Crippen LogP contribution >= 0.6 is 0 Å². The number of aliphatic hydroxyl groups excluding tert-OH is 1. The van der Waals surface area contributed by atoms with Gasteiger partial charge in [0.2, 0.25) is 0 Å². The second-order valence-electron chi connectivity index (χ2n) is 8.35. The van der Waals surface area contributed by atoms with Gasteiger partial charge in [0.15, 0.2) is 5.78 Å². The van der Waals surface area contributed by atoms with E-state index in [0.717, 1.165) is 35.3 Å². The van der Waals surface area contributed by atoms with Crippen molar-refractivity contribution in [3.05, 3.63) is 107 Å². The average molecular weight is 416 g/mol. The van der Waals surface area contributed by atoms with Crippen LogP contribution in [0.1, 0.15) is 52.4 Å². The molecule has 0 amide bonds. The van der Waals surface area contributed by atoms with Crippen LogP contribution in [0.3, 0.4) is 0 Å². The van der Waals surface area contributed by atoms with E-state index in [2.05, 4.69) is 4.90 Å². The van der Waals surface area contributed by atoms with Gasteiger partial charge in [-0.1, -0.05) is 78.9 Å². The highest BCUT2D eigenvalue weighted by Gasteiger charge is 2.34. The number of nitrogens with zero attached hydrogens (tertiary/aromatic N) is 1. The topological polar surface area (TPSA) is 60.8 Å². The van der Waals surface area contributed by atoms with Crippen molar-refractivity contribution in [3.63, 3.8) is 0 Å². The third kappa shape index (κ3) is 5.10. The van der Waals surface area contributed by atoms with Crippen molar-refractivity contribution in [2.75, 3.05) is 19.6 Å². The standard InChI is InChI=1S/C27H29NO3/c29-25(21-8-3-1-4-9-21)14-17-28-18-15-27(31,16-19-28)24-13-7-12-23(20-24)26(30)22-10-5-2-6-11-22/h1-13,20,26,30-31H,14-19H2. The molecule has 4 nitrogen and oxygen atoms in total. The van der Waals surface area contributed by atoms with Gasteiger partial charge in [-0.25, -0.2) is 0 Å². The van der Waals surface area contributed by atoms with Crippen LogP contribution in [0.25, 0.3) is 0 Å². The number of benzene rings is 3. The predicted molar refractivity (Wildman–Crippen MR) is 122 cm³/mol. The number of carbonyl (C=O) groups is 1. The number of Topliss-reactive ketones (excluding diaryl/α,β-unsaturated/α-hetero) is 1. The summed E-state index contributed by atoms with van der Waals surface area (Å²) in [4.78, 5) is 14.6. The molecule has 1 unspecified atom stereocenters. The van der Waals surface area contributed by atoms with E-state index in [-0.39, 0.29) is 5.78 Å². The third-order valence-corrected chi connectivity index (χ3v) is 6.29. The molecule has 3 aromatic carbocycles. The third-order valence-electron chi connectivity index (χ3n) is 6.29. The molecule has 0 saturated carbocycles. The summed E-state index contributed by atoms with van der Waals surface area (Å²) in [6.07, 6.45) is 0.990. The fourth-order valence-electron chi connectivity index (χ4n) is 4.29. The Morgan fingerprint density at radius 1 is 0.871 bits per heavy atom. The van der Waals surface area contributed by atoms with Crippen LogP contribution in [0.15, 0.2) is 84.9 Å². The first-order valence-electron chi connectivity index (χ1n) is 10.9. The molecule has 1 atom stereocenters. The Hall–Kier alpha value is -2.79. The van der Waals surface area contributed by atoms with Crippen LogP contribution in [0.4, 0.5) is 0 Å². The number of hydrogen-bond donors (Lipinski definition) is 2. The summed E-state index contributed by atoms with van der Waals surface area (Å²) >= 11 is 0. The van der Waals surface area contributed by atoms with Gasteiger partial charge in [0.25, 0.3) is 0 Å². The Bertz CT molecular complexity index is 995. The molecule has 3 aromatic rings. The zero-order chi connectivity index (χ0) is 21.7. The highest BCUT2D eigenvalue weighted by molar-refractivity contribution is 5.96. The first-order valence-corrected chi connectivity index (χ1v) is 10.9. The zero-order valence-corrected chi connectivity index (χ0v) is 17.7. The van der Waals surface area contributed by atoms with Crippen LogP contribution in [0.5, 0.6) is 0 Å². The molecule has 0 bridgehead atoms. The molecule has 4 heteroatoms. The van der Waals surface area contributed by atoms with E-state index in [1.807, 2.05) is 84.9 Å². The second kappa shape index (κ2) is 9.56. The maximum Gasteiger partial charge on any atom is 0.164 e. The van der Waals surface area contributed by atoms with Crippen molar-refractivity contribution < 1.29 is 15.0 Å². The van der Waals surface area contributed by atoms with Gasteiger partial charge in [-0.3, -0.25) is 4.79 Å². The lowest BCUT2D eigenvalue weighted by Gasteiger charge is -2.38. The number of carbonyl (C=O) groups excluding carboxylic acids is 1. The van der Waals surface area contributed by atoms with E-state index < -0.39 is 11.7 Å². The predicted octanol–water partition coefficient (Wildman–Crippen LogP) is 4.32. The number of aliphatic hydroxyl groups is 2. The van der Waals surface area contributed by atoms with Crippen molar-refractivity contribution in [2.24, 2.45) is 0 Å². The molecule has 0 radical (unpaired) electrons. The van der Waals surface area contributed by atoms with E-state index in [0.29, 0.717) is 25.8 Å². The number of ketones is 1. The van der Waals surface area contributed by atoms with Crippen molar-refractivity contribution in [2.45, 2.75) is 31.0 Å². The lowest BCUT2D eigenvalue weighted by molar-refractivity contribution is -0.0257. The van der Waals surface area contributed by atoms with Crippen LogP contribution in [0.2, 0.25) is 0 Å². The quantitative estimate of drug-likeness (QED) is 0.564. The maximum atomic E-state index is 12.4. The monoisotopic (exact) mass is 415 g/mol. The first kappa shape index (κ1) is 21.4. The molecule has 0 spiro atoms.